The van der Waals surface area contributed by atoms with Crippen LogP contribution in [0.1, 0.15) is 52.6 Å². The molecule has 0 spiro atoms. The van der Waals surface area contributed by atoms with E-state index in [9.17, 15) is 25.0 Å². The number of hydrogen-bond acceptors (Lipinski definition) is 5. The molecule has 0 fully saturated rings. The number of nitro benzene ring substituents is 2. The summed E-state index contributed by atoms with van der Waals surface area (Å²) in [6.07, 6.45) is 1.31. The Balaban J connectivity index is 3.00. The lowest BCUT2D eigenvalue weighted by Gasteiger charge is -2.11. The molecular weight excluding hydrogens is 316 g/mol. The molecule has 0 bridgehead atoms. The number of aromatic nitrogens is 2. The minimum atomic E-state index is -0.788. The van der Waals surface area contributed by atoms with Crippen molar-refractivity contribution < 1.29 is 9.85 Å². The Morgan fingerprint density at radius 3 is 1.50 bits per heavy atom. The van der Waals surface area contributed by atoms with Crippen molar-refractivity contribution >= 4 is 22.4 Å². The molecule has 0 aliphatic carbocycles. The van der Waals surface area contributed by atoms with Crippen LogP contribution in [0.15, 0.2) is 16.9 Å². The van der Waals surface area contributed by atoms with Crippen LogP contribution in [0.2, 0.25) is 0 Å². The summed E-state index contributed by atoms with van der Waals surface area (Å²) in [5, 5.41) is 22.4. The molecule has 0 saturated heterocycles. The molecule has 0 aliphatic heterocycles. The highest BCUT2D eigenvalue weighted by Crippen LogP contribution is 2.34. The van der Waals surface area contributed by atoms with E-state index < -0.39 is 21.2 Å². The fourth-order valence-electron chi connectivity index (χ4n) is 2.77. The average Bonchev–Trinajstić information content (AvgIpc) is 2.83. The van der Waals surface area contributed by atoms with Gasteiger partial charge in [0.05, 0.1) is 20.9 Å². The van der Waals surface area contributed by atoms with Crippen LogP contribution < -0.4 is 5.69 Å². The number of benzene rings is 1. The van der Waals surface area contributed by atoms with Gasteiger partial charge >= 0.3 is 17.1 Å². The van der Waals surface area contributed by atoms with Gasteiger partial charge in [0.2, 0.25) is 0 Å². The van der Waals surface area contributed by atoms with Gasteiger partial charge in [-0.3, -0.25) is 29.4 Å². The SMILES string of the molecule is CC[C@@H](C)n1c(=O)n([C@H](C)CC)c2cc([N+](=O)[O-])c([N+](=O)[O-])cc21. The van der Waals surface area contributed by atoms with Gasteiger partial charge in [0.25, 0.3) is 0 Å². The Labute approximate surface area is 137 Å². The van der Waals surface area contributed by atoms with Gasteiger partial charge in [-0.2, -0.15) is 0 Å². The van der Waals surface area contributed by atoms with E-state index in [1.807, 2.05) is 27.7 Å². The second-order valence-corrected chi connectivity index (χ2v) is 5.88. The largest absolute Gasteiger partial charge is 0.348 e. The molecule has 0 saturated carbocycles. The van der Waals surface area contributed by atoms with Crippen molar-refractivity contribution in [2.45, 2.75) is 52.6 Å². The molecule has 130 valence electrons. The zero-order valence-electron chi connectivity index (χ0n) is 14.1. The van der Waals surface area contributed by atoms with E-state index in [1.54, 1.807) is 0 Å². The maximum Gasteiger partial charge on any atom is 0.348 e. The molecule has 1 aromatic carbocycles. The van der Waals surface area contributed by atoms with Crippen LogP contribution in [0, 0.1) is 20.2 Å². The summed E-state index contributed by atoms with van der Waals surface area (Å²) in [6, 6.07) is 1.93. The lowest BCUT2D eigenvalue weighted by atomic mass is 10.2. The third kappa shape index (κ3) is 2.66. The fraction of sp³-hybridized carbons (Fsp3) is 0.533. The molecular formula is C15H20N4O5. The molecule has 1 aromatic heterocycles. The van der Waals surface area contributed by atoms with Crippen molar-refractivity contribution in [2.75, 3.05) is 0 Å². The number of nitro groups is 2. The highest BCUT2D eigenvalue weighted by Gasteiger charge is 2.30. The number of rotatable bonds is 6. The van der Waals surface area contributed by atoms with Gasteiger partial charge < -0.3 is 0 Å². The van der Waals surface area contributed by atoms with Gasteiger partial charge in [-0.1, -0.05) is 13.8 Å². The second-order valence-electron chi connectivity index (χ2n) is 5.88. The Morgan fingerprint density at radius 1 is 0.917 bits per heavy atom. The monoisotopic (exact) mass is 336 g/mol. The maximum atomic E-state index is 12.8. The van der Waals surface area contributed by atoms with E-state index in [2.05, 4.69) is 0 Å². The van der Waals surface area contributed by atoms with Gasteiger partial charge in [-0.05, 0) is 26.7 Å². The highest BCUT2D eigenvalue weighted by molar-refractivity contribution is 5.84. The van der Waals surface area contributed by atoms with Crippen LogP contribution in [-0.4, -0.2) is 19.0 Å². The Hall–Kier alpha value is -2.71. The van der Waals surface area contributed by atoms with Crippen molar-refractivity contribution in [1.82, 2.24) is 9.13 Å². The van der Waals surface area contributed by atoms with E-state index in [0.717, 1.165) is 12.1 Å². The highest BCUT2D eigenvalue weighted by atomic mass is 16.6. The first-order chi connectivity index (χ1) is 11.2. The molecule has 24 heavy (non-hydrogen) atoms. The number of fused-ring (bicyclic) bond motifs is 1. The van der Waals surface area contributed by atoms with Crippen LogP contribution in [0.4, 0.5) is 11.4 Å². The van der Waals surface area contributed by atoms with E-state index in [1.165, 1.54) is 9.13 Å². The smallest absolute Gasteiger partial charge is 0.289 e. The minimum absolute atomic E-state index is 0.175. The standard InChI is InChI=1S/C15H20N4O5/c1-5-9(3)16-11-7-13(18(21)22)14(19(23)24)8-12(11)17(15(16)20)10(4)6-2/h7-10H,5-6H2,1-4H3/t9-,10-/m1/s1. The lowest BCUT2D eigenvalue weighted by molar-refractivity contribution is -0.422. The predicted octanol–water partition coefficient (Wildman–Crippen LogP) is 3.56. The van der Waals surface area contributed by atoms with Crippen molar-refractivity contribution in [2.24, 2.45) is 0 Å². The summed E-state index contributed by atoms with van der Waals surface area (Å²) in [5.41, 5.74) is -0.806. The Morgan fingerprint density at radius 2 is 1.25 bits per heavy atom. The van der Waals surface area contributed by atoms with E-state index in [-0.39, 0.29) is 17.8 Å². The average molecular weight is 336 g/mol. The normalized spacial score (nSPS) is 13.8. The second kappa shape index (κ2) is 6.42. The third-order valence-electron chi connectivity index (χ3n) is 4.46. The quantitative estimate of drug-likeness (QED) is 0.591. The molecule has 0 amide bonds. The zero-order chi connectivity index (χ0) is 18.2. The first-order valence-electron chi connectivity index (χ1n) is 7.83. The molecule has 0 unspecified atom stereocenters. The van der Waals surface area contributed by atoms with E-state index >= 15 is 0 Å². The molecule has 9 heteroatoms. The number of nitrogens with zero attached hydrogens (tertiary/aromatic N) is 4. The summed E-state index contributed by atoms with van der Waals surface area (Å²) < 4.78 is 2.97. The third-order valence-corrected chi connectivity index (χ3v) is 4.46. The van der Waals surface area contributed by atoms with Crippen molar-refractivity contribution in [3.63, 3.8) is 0 Å². The van der Waals surface area contributed by atoms with Crippen LogP contribution >= 0.6 is 0 Å². The molecule has 2 rings (SSSR count). The van der Waals surface area contributed by atoms with Gasteiger partial charge in [0.15, 0.2) is 0 Å². The summed E-state index contributed by atoms with van der Waals surface area (Å²) in [4.78, 5) is 33.7. The zero-order valence-corrected chi connectivity index (χ0v) is 14.1. The van der Waals surface area contributed by atoms with Crippen LogP contribution in [-0.2, 0) is 0 Å². The topological polar surface area (TPSA) is 113 Å². The van der Waals surface area contributed by atoms with Crippen LogP contribution in [0.3, 0.4) is 0 Å². The maximum absolute atomic E-state index is 12.8. The van der Waals surface area contributed by atoms with Crippen molar-refractivity contribution in [3.05, 3.63) is 42.8 Å². The molecule has 0 N–H and O–H groups in total. The predicted molar refractivity (Wildman–Crippen MR) is 89.5 cm³/mol. The van der Waals surface area contributed by atoms with Gasteiger partial charge in [0, 0.05) is 24.2 Å². The summed E-state index contributed by atoms with van der Waals surface area (Å²) in [5.74, 6) is 0. The van der Waals surface area contributed by atoms with Crippen molar-refractivity contribution in [1.29, 1.82) is 0 Å². The van der Waals surface area contributed by atoms with Crippen LogP contribution in [0.25, 0.3) is 11.0 Å². The van der Waals surface area contributed by atoms with E-state index in [4.69, 9.17) is 0 Å². The van der Waals surface area contributed by atoms with Gasteiger partial charge in [0.1, 0.15) is 0 Å². The number of hydrogen-bond donors (Lipinski definition) is 0. The fourth-order valence-corrected chi connectivity index (χ4v) is 2.77. The molecule has 0 radical (unpaired) electrons. The van der Waals surface area contributed by atoms with Gasteiger partial charge in [-0.25, -0.2) is 4.79 Å². The molecule has 2 atom stereocenters. The number of imidazole rings is 1. The molecule has 0 aliphatic rings. The van der Waals surface area contributed by atoms with Crippen LogP contribution in [0.5, 0.6) is 0 Å². The van der Waals surface area contributed by atoms with E-state index in [0.29, 0.717) is 23.9 Å². The summed E-state index contributed by atoms with van der Waals surface area (Å²) >= 11 is 0. The first kappa shape index (κ1) is 17.6. The minimum Gasteiger partial charge on any atom is -0.289 e. The van der Waals surface area contributed by atoms with Crippen molar-refractivity contribution in [3.8, 4) is 0 Å². The Bertz CT molecular complexity index is 799. The molecule has 1 heterocycles. The van der Waals surface area contributed by atoms with Gasteiger partial charge in [-0.15, -0.1) is 0 Å². The molecule has 2 aromatic rings. The Kier molecular flexibility index (Phi) is 4.72. The molecule has 9 nitrogen and oxygen atoms in total. The lowest BCUT2D eigenvalue weighted by Crippen LogP contribution is -2.28. The summed E-state index contributed by atoms with van der Waals surface area (Å²) in [6.45, 7) is 7.50. The first-order valence-corrected chi connectivity index (χ1v) is 7.83. The summed E-state index contributed by atoms with van der Waals surface area (Å²) in [7, 11) is 0.